The molecule has 1 unspecified atom stereocenters. The quantitative estimate of drug-likeness (QED) is 0.860. The lowest BCUT2D eigenvalue weighted by molar-refractivity contribution is -0.123. The summed E-state index contributed by atoms with van der Waals surface area (Å²) in [5.41, 5.74) is 2.83. The third kappa shape index (κ3) is 1.71. The molecule has 1 heterocycles. The first-order valence-electron chi connectivity index (χ1n) is 5.31. The van der Waals surface area contributed by atoms with Crippen molar-refractivity contribution >= 4 is 27.5 Å². The highest BCUT2D eigenvalue weighted by atomic mass is 79.9. The maximum atomic E-state index is 11.7. The Bertz CT molecular complexity index is 457. The fraction of sp³-hybridized carbons (Fsp3) is 0.417. The molecular formula is C12H14BrNO2. The third-order valence-electron chi connectivity index (χ3n) is 2.83. The first kappa shape index (κ1) is 11.5. The summed E-state index contributed by atoms with van der Waals surface area (Å²) in [7, 11) is 0. The molecule has 1 aliphatic rings. The molecule has 1 atom stereocenters. The van der Waals surface area contributed by atoms with Gasteiger partial charge in [-0.25, -0.2) is 0 Å². The van der Waals surface area contributed by atoms with E-state index in [2.05, 4.69) is 21.2 Å². The maximum absolute atomic E-state index is 11.7. The minimum atomic E-state index is -0.369. The molecule has 0 saturated carbocycles. The molecule has 1 aliphatic heterocycles. The minimum Gasteiger partial charge on any atom is -0.478 e. The van der Waals surface area contributed by atoms with Gasteiger partial charge < -0.3 is 10.1 Å². The number of rotatable bonds is 1. The van der Waals surface area contributed by atoms with Crippen LogP contribution in [0.3, 0.4) is 0 Å². The van der Waals surface area contributed by atoms with Crippen molar-refractivity contribution in [2.24, 2.45) is 0 Å². The molecule has 0 aliphatic carbocycles. The van der Waals surface area contributed by atoms with Crippen molar-refractivity contribution in [2.75, 3.05) is 5.32 Å². The van der Waals surface area contributed by atoms with Crippen LogP contribution in [0.4, 0.5) is 5.69 Å². The summed E-state index contributed by atoms with van der Waals surface area (Å²) in [6, 6.07) is 2.01. The number of benzene rings is 1. The standard InChI is InChI=1S/C12H14BrNO2/c1-4-9-12(15)14-10-7(3)8(13)5-6(2)11(10)16-9/h5,9H,4H2,1-3H3,(H,14,15). The van der Waals surface area contributed by atoms with E-state index < -0.39 is 0 Å². The smallest absolute Gasteiger partial charge is 0.265 e. The number of fused-ring (bicyclic) bond motifs is 1. The number of carbonyl (C=O) groups is 1. The van der Waals surface area contributed by atoms with Gasteiger partial charge in [-0.2, -0.15) is 0 Å². The molecule has 1 aromatic carbocycles. The average Bonchev–Trinajstić information content (AvgIpc) is 2.25. The minimum absolute atomic E-state index is 0.0596. The van der Waals surface area contributed by atoms with Crippen LogP contribution in [0.2, 0.25) is 0 Å². The number of anilines is 1. The van der Waals surface area contributed by atoms with Gasteiger partial charge in [-0.1, -0.05) is 22.9 Å². The van der Waals surface area contributed by atoms with Crippen molar-refractivity contribution in [3.8, 4) is 5.75 Å². The van der Waals surface area contributed by atoms with Gasteiger partial charge >= 0.3 is 0 Å². The molecule has 0 fully saturated rings. The lowest BCUT2D eigenvalue weighted by Gasteiger charge is -2.28. The highest BCUT2D eigenvalue weighted by Crippen LogP contribution is 2.39. The van der Waals surface area contributed by atoms with Crippen LogP contribution in [0.25, 0.3) is 0 Å². The SMILES string of the molecule is CCC1Oc2c(C)cc(Br)c(C)c2NC1=O. The fourth-order valence-electron chi connectivity index (χ4n) is 1.82. The van der Waals surface area contributed by atoms with Crippen molar-refractivity contribution in [3.63, 3.8) is 0 Å². The van der Waals surface area contributed by atoms with Gasteiger partial charge in [0, 0.05) is 4.47 Å². The average molecular weight is 284 g/mol. The lowest BCUT2D eigenvalue weighted by atomic mass is 10.1. The van der Waals surface area contributed by atoms with Crippen LogP contribution in [0, 0.1) is 13.8 Å². The molecule has 0 radical (unpaired) electrons. The molecule has 1 N–H and O–H groups in total. The molecule has 1 aromatic rings. The summed E-state index contributed by atoms with van der Waals surface area (Å²) in [5, 5.41) is 2.92. The van der Waals surface area contributed by atoms with E-state index in [1.165, 1.54) is 0 Å². The van der Waals surface area contributed by atoms with Crippen molar-refractivity contribution in [1.82, 2.24) is 0 Å². The maximum Gasteiger partial charge on any atom is 0.265 e. The van der Waals surface area contributed by atoms with E-state index >= 15 is 0 Å². The second-order valence-electron chi connectivity index (χ2n) is 4.01. The molecule has 0 spiro atoms. The van der Waals surface area contributed by atoms with Crippen LogP contribution in [0.1, 0.15) is 24.5 Å². The van der Waals surface area contributed by atoms with E-state index in [9.17, 15) is 4.79 Å². The summed E-state index contributed by atoms with van der Waals surface area (Å²) >= 11 is 3.47. The Morgan fingerprint density at radius 3 is 2.81 bits per heavy atom. The zero-order chi connectivity index (χ0) is 11.9. The zero-order valence-corrected chi connectivity index (χ0v) is 11.1. The molecule has 4 heteroatoms. The van der Waals surface area contributed by atoms with E-state index in [-0.39, 0.29) is 12.0 Å². The summed E-state index contributed by atoms with van der Waals surface area (Å²) in [6.45, 7) is 5.88. The van der Waals surface area contributed by atoms with Gasteiger partial charge in [-0.05, 0) is 37.5 Å². The van der Waals surface area contributed by atoms with E-state index in [1.807, 2.05) is 26.8 Å². The number of hydrogen-bond donors (Lipinski definition) is 1. The van der Waals surface area contributed by atoms with Gasteiger partial charge in [-0.3, -0.25) is 4.79 Å². The molecule has 0 aromatic heterocycles. The van der Waals surface area contributed by atoms with E-state index in [4.69, 9.17) is 4.74 Å². The number of nitrogens with one attached hydrogen (secondary N) is 1. The number of hydrogen-bond acceptors (Lipinski definition) is 2. The van der Waals surface area contributed by atoms with Crippen LogP contribution in [0.15, 0.2) is 10.5 Å². The number of aryl methyl sites for hydroxylation is 1. The Labute approximate surface area is 103 Å². The highest BCUT2D eigenvalue weighted by molar-refractivity contribution is 9.10. The van der Waals surface area contributed by atoms with Crippen LogP contribution >= 0.6 is 15.9 Å². The number of carbonyl (C=O) groups excluding carboxylic acids is 1. The Morgan fingerprint density at radius 1 is 1.50 bits per heavy atom. The fourth-order valence-corrected chi connectivity index (χ4v) is 2.36. The monoisotopic (exact) mass is 283 g/mol. The predicted octanol–water partition coefficient (Wildman–Crippen LogP) is 3.18. The first-order chi connectivity index (χ1) is 7.54. The van der Waals surface area contributed by atoms with Gasteiger partial charge in [0.2, 0.25) is 0 Å². The van der Waals surface area contributed by atoms with Crippen LogP contribution in [0.5, 0.6) is 5.75 Å². The molecular weight excluding hydrogens is 270 g/mol. The molecule has 2 rings (SSSR count). The Hall–Kier alpha value is -1.03. The van der Waals surface area contributed by atoms with E-state index in [1.54, 1.807) is 0 Å². The third-order valence-corrected chi connectivity index (χ3v) is 3.66. The molecule has 0 saturated heterocycles. The summed E-state index contributed by atoms with van der Waals surface area (Å²) in [5.74, 6) is 0.739. The summed E-state index contributed by atoms with van der Waals surface area (Å²) in [4.78, 5) is 11.7. The van der Waals surface area contributed by atoms with Crippen LogP contribution in [-0.2, 0) is 4.79 Å². The van der Waals surface area contributed by atoms with Gasteiger partial charge in [-0.15, -0.1) is 0 Å². The topological polar surface area (TPSA) is 38.3 Å². The predicted molar refractivity (Wildman–Crippen MR) is 67.0 cm³/mol. The van der Waals surface area contributed by atoms with Crippen LogP contribution in [-0.4, -0.2) is 12.0 Å². The summed E-state index contributed by atoms with van der Waals surface area (Å²) in [6.07, 6.45) is 0.312. The van der Waals surface area contributed by atoms with Gasteiger partial charge in [0.15, 0.2) is 6.10 Å². The molecule has 3 nitrogen and oxygen atoms in total. The highest BCUT2D eigenvalue weighted by Gasteiger charge is 2.28. The number of halogens is 1. The normalized spacial score (nSPS) is 18.8. The van der Waals surface area contributed by atoms with Gasteiger partial charge in [0.1, 0.15) is 5.75 Å². The van der Waals surface area contributed by atoms with Crippen molar-refractivity contribution < 1.29 is 9.53 Å². The second kappa shape index (κ2) is 4.09. The van der Waals surface area contributed by atoms with Gasteiger partial charge in [0.25, 0.3) is 5.91 Å². The Kier molecular flexibility index (Phi) is 2.93. The summed E-state index contributed by atoms with van der Waals surface area (Å²) < 4.78 is 6.72. The number of amides is 1. The molecule has 16 heavy (non-hydrogen) atoms. The van der Waals surface area contributed by atoms with Crippen molar-refractivity contribution in [1.29, 1.82) is 0 Å². The second-order valence-corrected chi connectivity index (χ2v) is 4.86. The molecule has 0 bridgehead atoms. The largest absolute Gasteiger partial charge is 0.478 e. The molecule has 86 valence electrons. The van der Waals surface area contributed by atoms with Crippen molar-refractivity contribution in [3.05, 3.63) is 21.7 Å². The van der Waals surface area contributed by atoms with Gasteiger partial charge in [0.05, 0.1) is 5.69 Å². The number of ether oxygens (including phenoxy) is 1. The van der Waals surface area contributed by atoms with E-state index in [0.29, 0.717) is 6.42 Å². The molecule has 1 amide bonds. The van der Waals surface area contributed by atoms with Crippen LogP contribution < -0.4 is 10.1 Å². The Balaban J connectivity index is 2.54. The zero-order valence-electron chi connectivity index (χ0n) is 9.56. The first-order valence-corrected chi connectivity index (χ1v) is 6.11. The lowest BCUT2D eigenvalue weighted by Crippen LogP contribution is -2.37. The van der Waals surface area contributed by atoms with Crippen molar-refractivity contribution in [2.45, 2.75) is 33.3 Å². The Morgan fingerprint density at radius 2 is 2.19 bits per heavy atom. The van der Waals surface area contributed by atoms with E-state index in [0.717, 1.165) is 27.0 Å².